The van der Waals surface area contributed by atoms with Gasteiger partial charge in [-0.05, 0) is 54.1 Å². The number of benzene rings is 3. The topological polar surface area (TPSA) is 61.4 Å². The molecule has 3 aromatic carbocycles. The number of fused-ring (bicyclic) bond motifs is 1. The zero-order valence-electron chi connectivity index (χ0n) is 16.1. The summed E-state index contributed by atoms with van der Waals surface area (Å²) in [4.78, 5) is 27.9. The highest BCUT2D eigenvalue weighted by atomic mass is 32.2. The number of para-hydroxylation sites is 1. The number of hydrogen-bond acceptors (Lipinski definition) is 3. The van der Waals surface area contributed by atoms with E-state index < -0.39 is 0 Å². The summed E-state index contributed by atoms with van der Waals surface area (Å²) in [5.74, 6) is 0.297. The molecular weight excluding hydrogens is 401 g/mol. The molecule has 0 unspecified atom stereocenters. The Bertz CT molecular complexity index is 1050. The maximum atomic E-state index is 12.9. The van der Waals surface area contributed by atoms with Crippen LogP contribution in [0.5, 0.6) is 0 Å². The van der Waals surface area contributed by atoms with Crippen LogP contribution in [0.4, 0.5) is 20.6 Å². The van der Waals surface area contributed by atoms with Crippen LogP contribution in [0.1, 0.15) is 15.9 Å². The van der Waals surface area contributed by atoms with Gasteiger partial charge in [0.15, 0.2) is 0 Å². The lowest BCUT2D eigenvalue weighted by atomic mass is 10.1. The number of thioether (sulfide) groups is 1. The van der Waals surface area contributed by atoms with Crippen molar-refractivity contribution in [3.63, 3.8) is 0 Å². The molecule has 152 valence electrons. The molecule has 0 saturated heterocycles. The van der Waals surface area contributed by atoms with Crippen molar-refractivity contribution in [1.82, 2.24) is 5.32 Å². The molecule has 0 spiro atoms. The monoisotopic (exact) mass is 421 g/mol. The van der Waals surface area contributed by atoms with Gasteiger partial charge in [0.25, 0.3) is 5.91 Å². The Morgan fingerprint density at radius 2 is 1.70 bits per heavy atom. The van der Waals surface area contributed by atoms with Crippen molar-refractivity contribution >= 4 is 35.1 Å². The molecule has 0 aliphatic carbocycles. The molecule has 0 radical (unpaired) electrons. The molecule has 2 N–H and O–H groups in total. The Kier molecular flexibility index (Phi) is 5.99. The van der Waals surface area contributed by atoms with Gasteiger partial charge in [0.2, 0.25) is 0 Å². The van der Waals surface area contributed by atoms with E-state index in [1.54, 1.807) is 53.1 Å². The van der Waals surface area contributed by atoms with Crippen LogP contribution in [0.15, 0.2) is 77.7 Å². The summed E-state index contributed by atoms with van der Waals surface area (Å²) in [5, 5.41) is 5.69. The molecule has 1 aliphatic rings. The smallest absolute Gasteiger partial charge is 0.326 e. The molecule has 5 nitrogen and oxygen atoms in total. The third-order valence-corrected chi connectivity index (χ3v) is 5.78. The van der Waals surface area contributed by atoms with Gasteiger partial charge < -0.3 is 10.6 Å². The molecule has 7 heteroatoms. The predicted octanol–water partition coefficient (Wildman–Crippen LogP) is 4.90. The molecule has 3 aromatic rings. The molecule has 4 rings (SSSR count). The zero-order valence-corrected chi connectivity index (χ0v) is 16.9. The number of amides is 3. The normalized spacial score (nSPS) is 12.8. The van der Waals surface area contributed by atoms with E-state index in [1.165, 1.54) is 12.1 Å². The third-order valence-electron chi connectivity index (χ3n) is 4.74. The molecule has 0 aromatic heterocycles. The van der Waals surface area contributed by atoms with Crippen molar-refractivity contribution in [3.8, 4) is 0 Å². The summed E-state index contributed by atoms with van der Waals surface area (Å²) in [6, 6.07) is 20.4. The molecular formula is C23H20FN3O2S. The van der Waals surface area contributed by atoms with E-state index in [1.807, 2.05) is 24.3 Å². The highest BCUT2D eigenvalue weighted by Crippen LogP contribution is 2.34. The number of hydrogen-bond donors (Lipinski definition) is 2. The fourth-order valence-corrected chi connectivity index (χ4v) is 4.16. The summed E-state index contributed by atoms with van der Waals surface area (Å²) in [6.07, 6.45) is 0. The molecule has 1 heterocycles. The average molecular weight is 421 g/mol. The Morgan fingerprint density at radius 3 is 2.47 bits per heavy atom. The predicted molar refractivity (Wildman–Crippen MR) is 118 cm³/mol. The Labute approximate surface area is 178 Å². The van der Waals surface area contributed by atoms with Crippen LogP contribution in [0, 0.1) is 5.82 Å². The van der Waals surface area contributed by atoms with Crippen molar-refractivity contribution in [2.24, 2.45) is 0 Å². The molecule has 0 fully saturated rings. The van der Waals surface area contributed by atoms with Crippen molar-refractivity contribution in [2.45, 2.75) is 11.4 Å². The van der Waals surface area contributed by atoms with Crippen LogP contribution >= 0.6 is 11.8 Å². The van der Waals surface area contributed by atoms with E-state index in [0.717, 1.165) is 21.9 Å². The second-order valence-electron chi connectivity index (χ2n) is 6.78. The van der Waals surface area contributed by atoms with Crippen LogP contribution in [-0.2, 0) is 6.54 Å². The Balaban J connectivity index is 1.36. The molecule has 3 amide bonds. The highest BCUT2D eigenvalue weighted by Gasteiger charge is 2.22. The lowest BCUT2D eigenvalue weighted by molar-refractivity contribution is 0.0951. The van der Waals surface area contributed by atoms with Gasteiger partial charge in [0.05, 0.1) is 5.69 Å². The minimum Gasteiger partial charge on any atom is -0.348 e. The number of anilines is 2. The molecule has 0 bridgehead atoms. The van der Waals surface area contributed by atoms with Gasteiger partial charge in [-0.2, -0.15) is 0 Å². The maximum Gasteiger partial charge on any atom is 0.326 e. The Hall–Kier alpha value is -3.32. The summed E-state index contributed by atoms with van der Waals surface area (Å²) in [6.45, 7) is 0.946. The van der Waals surface area contributed by atoms with E-state index in [9.17, 15) is 14.0 Å². The number of urea groups is 1. The first kappa shape index (κ1) is 20.0. The van der Waals surface area contributed by atoms with Gasteiger partial charge in [-0.1, -0.05) is 24.3 Å². The number of rotatable bonds is 4. The second-order valence-corrected chi connectivity index (χ2v) is 7.92. The number of carbonyl (C=O) groups is 2. The third kappa shape index (κ3) is 4.63. The zero-order chi connectivity index (χ0) is 20.9. The molecule has 0 saturated carbocycles. The van der Waals surface area contributed by atoms with Gasteiger partial charge in [0, 0.05) is 35.0 Å². The first-order valence-electron chi connectivity index (χ1n) is 9.53. The van der Waals surface area contributed by atoms with Gasteiger partial charge in [-0.3, -0.25) is 9.69 Å². The van der Waals surface area contributed by atoms with Crippen LogP contribution < -0.4 is 15.5 Å². The van der Waals surface area contributed by atoms with Crippen molar-refractivity contribution in [1.29, 1.82) is 0 Å². The van der Waals surface area contributed by atoms with E-state index in [0.29, 0.717) is 24.3 Å². The highest BCUT2D eigenvalue weighted by molar-refractivity contribution is 7.99. The summed E-state index contributed by atoms with van der Waals surface area (Å²) >= 11 is 1.74. The number of nitrogens with one attached hydrogen (secondary N) is 2. The summed E-state index contributed by atoms with van der Waals surface area (Å²) in [5.41, 5.74) is 2.82. The fraction of sp³-hybridized carbons (Fsp3) is 0.130. The SMILES string of the molecule is O=C(NCc1ccc(F)cc1)c1ccc(NC(=O)N2CCSc3ccccc32)cc1. The van der Waals surface area contributed by atoms with E-state index in [2.05, 4.69) is 10.6 Å². The van der Waals surface area contributed by atoms with E-state index >= 15 is 0 Å². The first-order chi connectivity index (χ1) is 14.6. The summed E-state index contributed by atoms with van der Waals surface area (Å²) in [7, 11) is 0. The molecule has 0 atom stereocenters. The van der Waals surface area contributed by atoms with Gasteiger partial charge >= 0.3 is 6.03 Å². The number of halogens is 1. The fourth-order valence-electron chi connectivity index (χ4n) is 3.16. The van der Waals surface area contributed by atoms with Crippen LogP contribution in [0.3, 0.4) is 0 Å². The van der Waals surface area contributed by atoms with Crippen molar-refractivity contribution in [2.75, 3.05) is 22.5 Å². The van der Waals surface area contributed by atoms with Gasteiger partial charge in [-0.15, -0.1) is 11.8 Å². The second kappa shape index (κ2) is 9.00. The van der Waals surface area contributed by atoms with E-state index in [4.69, 9.17) is 0 Å². The lowest BCUT2D eigenvalue weighted by Crippen LogP contribution is -2.38. The van der Waals surface area contributed by atoms with Crippen LogP contribution in [0.2, 0.25) is 0 Å². The summed E-state index contributed by atoms with van der Waals surface area (Å²) < 4.78 is 12.9. The molecule has 1 aliphatic heterocycles. The van der Waals surface area contributed by atoms with Gasteiger partial charge in [-0.25, -0.2) is 9.18 Å². The minimum absolute atomic E-state index is 0.198. The Morgan fingerprint density at radius 1 is 0.967 bits per heavy atom. The minimum atomic E-state index is -0.311. The number of nitrogens with zero attached hydrogens (tertiary/aromatic N) is 1. The average Bonchev–Trinajstić information content (AvgIpc) is 2.78. The quantitative estimate of drug-likeness (QED) is 0.630. The standard InChI is InChI=1S/C23H20FN3O2S/c24-18-9-5-16(6-10-18)15-25-22(28)17-7-11-19(12-8-17)26-23(29)27-13-14-30-21-4-2-1-3-20(21)27/h1-12H,13-15H2,(H,25,28)(H,26,29). The van der Waals surface area contributed by atoms with Crippen LogP contribution in [0.25, 0.3) is 0 Å². The van der Waals surface area contributed by atoms with Crippen molar-refractivity contribution in [3.05, 3.63) is 89.7 Å². The number of carbonyl (C=O) groups excluding carboxylic acids is 2. The van der Waals surface area contributed by atoms with Gasteiger partial charge in [0.1, 0.15) is 5.82 Å². The first-order valence-corrected chi connectivity index (χ1v) is 10.5. The lowest BCUT2D eigenvalue weighted by Gasteiger charge is -2.29. The molecule has 30 heavy (non-hydrogen) atoms. The van der Waals surface area contributed by atoms with Crippen LogP contribution in [-0.4, -0.2) is 24.2 Å². The maximum absolute atomic E-state index is 12.9. The van der Waals surface area contributed by atoms with E-state index in [-0.39, 0.29) is 17.8 Å². The largest absolute Gasteiger partial charge is 0.348 e. The van der Waals surface area contributed by atoms with Crippen molar-refractivity contribution < 1.29 is 14.0 Å².